The molecule has 1 heterocycles. The Morgan fingerprint density at radius 2 is 1.81 bits per heavy atom. The molecule has 0 aromatic heterocycles. The van der Waals surface area contributed by atoms with Gasteiger partial charge in [-0.1, -0.05) is 0 Å². The number of rotatable bonds is 3. The predicted octanol–water partition coefficient (Wildman–Crippen LogP) is -0.416. The highest BCUT2D eigenvalue weighted by Crippen LogP contribution is 2.05. The lowest BCUT2D eigenvalue weighted by atomic mass is 10.3. The van der Waals surface area contributed by atoms with Crippen molar-refractivity contribution in [1.82, 2.24) is 9.80 Å². The number of nitrogens with zero attached hydrogens (tertiary/aromatic N) is 2. The third kappa shape index (κ3) is 3.75. The highest BCUT2D eigenvalue weighted by Gasteiger charge is 2.25. The standard InChI is InChI=1S/C10H20N2O3S/c1-9(2)11(3)8-10(13)12-4-6-16(14,15)7-5-12/h9H,4-8H2,1-3H3. The second kappa shape index (κ2) is 5.14. The van der Waals surface area contributed by atoms with Crippen molar-refractivity contribution in [1.29, 1.82) is 0 Å². The lowest BCUT2D eigenvalue weighted by molar-refractivity contribution is -0.132. The van der Waals surface area contributed by atoms with Crippen molar-refractivity contribution in [3.05, 3.63) is 0 Å². The van der Waals surface area contributed by atoms with Crippen molar-refractivity contribution < 1.29 is 13.2 Å². The van der Waals surface area contributed by atoms with E-state index in [1.165, 1.54) is 0 Å². The van der Waals surface area contributed by atoms with Gasteiger partial charge in [0.2, 0.25) is 5.91 Å². The van der Waals surface area contributed by atoms with Crippen LogP contribution in [-0.4, -0.2) is 68.4 Å². The highest BCUT2D eigenvalue weighted by atomic mass is 32.2. The van der Waals surface area contributed by atoms with Crippen molar-refractivity contribution in [2.45, 2.75) is 19.9 Å². The zero-order chi connectivity index (χ0) is 12.3. The van der Waals surface area contributed by atoms with Gasteiger partial charge in [-0.05, 0) is 20.9 Å². The van der Waals surface area contributed by atoms with Crippen molar-refractivity contribution in [3.63, 3.8) is 0 Å². The van der Waals surface area contributed by atoms with Crippen molar-refractivity contribution in [3.8, 4) is 0 Å². The minimum Gasteiger partial charge on any atom is -0.340 e. The first-order chi connectivity index (χ1) is 7.32. The summed E-state index contributed by atoms with van der Waals surface area (Å²) < 4.78 is 22.4. The van der Waals surface area contributed by atoms with E-state index in [1.807, 2.05) is 25.8 Å². The molecule has 16 heavy (non-hydrogen) atoms. The molecular weight excluding hydrogens is 228 g/mol. The molecule has 0 unspecified atom stereocenters. The average molecular weight is 248 g/mol. The Balaban J connectivity index is 2.45. The van der Waals surface area contributed by atoms with E-state index >= 15 is 0 Å². The summed E-state index contributed by atoms with van der Waals surface area (Å²) in [5.41, 5.74) is 0. The average Bonchev–Trinajstić information content (AvgIpc) is 2.17. The Kier molecular flexibility index (Phi) is 4.32. The summed E-state index contributed by atoms with van der Waals surface area (Å²) in [6, 6.07) is 0.317. The van der Waals surface area contributed by atoms with E-state index in [1.54, 1.807) is 4.90 Å². The normalized spacial score (nSPS) is 20.4. The van der Waals surface area contributed by atoms with E-state index < -0.39 is 9.84 Å². The van der Waals surface area contributed by atoms with Crippen LogP contribution in [0.3, 0.4) is 0 Å². The summed E-state index contributed by atoms with van der Waals surface area (Å²) in [5, 5.41) is 0. The Morgan fingerprint density at radius 1 is 1.31 bits per heavy atom. The van der Waals surface area contributed by atoms with Gasteiger partial charge in [-0.25, -0.2) is 8.42 Å². The minimum absolute atomic E-state index is 0.0195. The van der Waals surface area contributed by atoms with E-state index in [0.717, 1.165) is 0 Å². The van der Waals surface area contributed by atoms with Crippen LogP contribution >= 0.6 is 0 Å². The molecule has 1 rings (SSSR count). The first-order valence-electron chi connectivity index (χ1n) is 5.50. The Labute approximate surface area is 97.3 Å². The van der Waals surface area contributed by atoms with Crippen LogP contribution in [0.2, 0.25) is 0 Å². The molecule has 0 atom stereocenters. The third-order valence-electron chi connectivity index (χ3n) is 2.96. The second-order valence-electron chi connectivity index (χ2n) is 4.54. The Morgan fingerprint density at radius 3 is 2.25 bits per heavy atom. The van der Waals surface area contributed by atoms with Gasteiger partial charge in [-0.2, -0.15) is 0 Å². The number of carbonyl (C=O) groups excluding carboxylic acids is 1. The monoisotopic (exact) mass is 248 g/mol. The fourth-order valence-electron chi connectivity index (χ4n) is 1.46. The fourth-order valence-corrected chi connectivity index (χ4v) is 2.66. The summed E-state index contributed by atoms with van der Waals surface area (Å²) in [5.74, 6) is 0.222. The summed E-state index contributed by atoms with van der Waals surface area (Å²) in [4.78, 5) is 15.4. The molecule has 0 aromatic carbocycles. The molecule has 94 valence electrons. The summed E-state index contributed by atoms with van der Waals surface area (Å²) >= 11 is 0. The van der Waals surface area contributed by atoms with E-state index in [2.05, 4.69) is 0 Å². The topological polar surface area (TPSA) is 57.7 Å². The minimum atomic E-state index is -2.90. The quantitative estimate of drug-likeness (QED) is 0.681. The van der Waals surface area contributed by atoms with Crippen LogP contribution in [-0.2, 0) is 14.6 Å². The maximum Gasteiger partial charge on any atom is 0.236 e. The van der Waals surface area contributed by atoms with Gasteiger partial charge in [-0.3, -0.25) is 9.69 Å². The van der Waals surface area contributed by atoms with E-state index in [-0.39, 0.29) is 17.4 Å². The van der Waals surface area contributed by atoms with Crippen molar-refractivity contribution >= 4 is 15.7 Å². The summed E-state index contributed by atoms with van der Waals surface area (Å²) in [6.07, 6.45) is 0. The van der Waals surface area contributed by atoms with Crippen LogP contribution in [0, 0.1) is 0 Å². The fraction of sp³-hybridized carbons (Fsp3) is 0.900. The van der Waals surface area contributed by atoms with Gasteiger partial charge in [0, 0.05) is 19.1 Å². The van der Waals surface area contributed by atoms with Crippen LogP contribution < -0.4 is 0 Å². The molecule has 0 spiro atoms. The van der Waals surface area contributed by atoms with Crippen LogP contribution in [0.1, 0.15) is 13.8 Å². The van der Waals surface area contributed by atoms with E-state index in [9.17, 15) is 13.2 Å². The number of carbonyl (C=O) groups is 1. The van der Waals surface area contributed by atoms with Gasteiger partial charge >= 0.3 is 0 Å². The zero-order valence-electron chi connectivity index (χ0n) is 10.1. The molecule has 5 nitrogen and oxygen atoms in total. The molecule has 0 saturated carbocycles. The zero-order valence-corrected chi connectivity index (χ0v) is 11.0. The summed E-state index contributed by atoms with van der Waals surface area (Å²) in [6.45, 7) is 5.08. The molecule has 1 saturated heterocycles. The van der Waals surface area contributed by atoms with Crippen LogP contribution in [0.25, 0.3) is 0 Å². The Hall–Kier alpha value is -0.620. The molecule has 0 N–H and O–H groups in total. The van der Waals surface area contributed by atoms with Gasteiger partial charge in [0.1, 0.15) is 0 Å². The largest absolute Gasteiger partial charge is 0.340 e. The van der Waals surface area contributed by atoms with Gasteiger partial charge in [-0.15, -0.1) is 0 Å². The highest BCUT2D eigenvalue weighted by molar-refractivity contribution is 7.91. The van der Waals surface area contributed by atoms with Crippen molar-refractivity contribution in [2.75, 3.05) is 38.2 Å². The second-order valence-corrected chi connectivity index (χ2v) is 6.85. The smallest absolute Gasteiger partial charge is 0.236 e. The third-order valence-corrected chi connectivity index (χ3v) is 4.57. The van der Waals surface area contributed by atoms with Gasteiger partial charge in [0.05, 0.1) is 18.1 Å². The first kappa shape index (κ1) is 13.4. The molecular formula is C10H20N2O3S. The van der Waals surface area contributed by atoms with Crippen LogP contribution in [0.4, 0.5) is 0 Å². The molecule has 1 amide bonds. The van der Waals surface area contributed by atoms with E-state index in [4.69, 9.17) is 0 Å². The van der Waals surface area contributed by atoms with Gasteiger partial charge in [0.15, 0.2) is 9.84 Å². The van der Waals surface area contributed by atoms with Crippen LogP contribution in [0.5, 0.6) is 0 Å². The molecule has 1 fully saturated rings. The van der Waals surface area contributed by atoms with Gasteiger partial charge < -0.3 is 4.90 Å². The molecule has 0 aromatic rings. The van der Waals surface area contributed by atoms with Gasteiger partial charge in [0.25, 0.3) is 0 Å². The van der Waals surface area contributed by atoms with Crippen LogP contribution in [0.15, 0.2) is 0 Å². The number of sulfone groups is 1. The number of hydrogen-bond acceptors (Lipinski definition) is 4. The predicted molar refractivity (Wildman–Crippen MR) is 63.0 cm³/mol. The molecule has 0 bridgehead atoms. The summed E-state index contributed by atoms with van der Waals surface area (Å²) in [7, 11) is -1.01. The lowest BCUT2D eigenvalue weighted by Crippen LogP contribution is -2.47. The number of amides is 1. The molecule has 0 radical (unpaired) electrons. The Bertz CT molecular complexity index is 337. The molecule has 1 aliphatic heterocycles. The lowest BCUT2D eigenvalue weighted by Gasteiger charge is -2.29. The molecule has 0 aliphatic carbocycles. The first-order valence-corrected chi connectivity index (χ1v) is 7.32. The SMILES string of the molecule is CC(C)N(C)CC(=O)N1CCS(=O)(=O)CC1. The molecule has 6 heteroatoms. The maximum atomic E-state index is 11.8. The van der Waals surface area contributed by atoms with E-state index in [0.29, 0.717) is 25.7 Å². The number of likely N-dealkylation sites (N-methyl/N-ethyl adjacent to an activating group) is 1. The maximum absolute atomic E-state index is 11.8. The molecule has 1 aliphatic rings. The number of hydrogen-bond donors (Lipinski definition) is 0. The van der Waals surface area contributed by atoms with Crippen molar-refractivity contribution in [2.24, 2.45) is 0 Å².